The van der Waals surface area contributed by atoms with Gasteiger partial charge in [-0.25, -0.2) is 0 Å². The number of aryl methyl sites for hydroxylation is 1. The minimum absolute atomic E-state index is 0.0844. The van der Waals surface area contributed by atoms with Gasteiger partial charge in [-0.15, -0.1) is 10.2 Å². The molecule has 1 atom stereocenters. The van der Waals surface area contributed by atoms with Crippen molar-refractivity contribution in [2.75, 3.05) is 31.6 Å². The highest BCUT2D eigenvalue weighted by atomic mass is 32.1. The van der Waals surface area contributed by atoms with Crippen molar-refractivity contribution in [2.45, 2.75) is 19.9 Å². The summed E-state index contributed by atoms with van der Waals surface area (Å²) in [6.45, 7) is 6.30. The second-order valence-corrected chi connectivity index (χ2v) is 5.11. The summed E-state index contributed by atoms with van der Waals surface area (Å²) < 4.78 is 5.22. The molecule has 1 aromatic heterocycles. The first kappa shape index (κ1) is 12.3. The summed E-state index contributed by atoms with van der Waals surface area (Å²) in [5.74, 6) is 0.0844. The molecule has 1 aliphatic rings. The molecule has 1 aromatic rings. The molecule has 1 unspecified atom stereocenters. The van der Waals surface area contributed by atoms with E-state index in [1.54, 1.807) is 0 Å². The molecular formula is C10H16N4O2S. The zero-order chi connectivity index (χ0) is 12.3. The van der Waals surface area contributed by atoms with Crippen LogP contribution in [0, 0.1) is 6.92 Å². The molecule has 1 saturated heterocycles. The van der Waals surface area contributed by atoms with Crippen molar-refractivity contribution in [3.8, 4) is 0 Å². The van der Waals surface area contributed by atoms with Crippen LogP contribution in [0.2, 0.25) is 0 Å². The minimum atomic E-state index is -0.277. The third kappa shape index (κ3) is 3.13. The Hall–Kier alpha value is -1.21. The first-order valence-corrected chi connectivity index (χ1v) is 6.41. The van der Waals surface area contributed by atoms with E-state index in [1.165, 1.54) is 11.3 Å². The van der Waals surface area contributed by atoms with Gasteiger partial charge in [0.05, 0.1) is 13.2 Å². The second-order valence-electron chi connectivity index (χ2n) is 3.93. The molecule has 94 valence electrons. The van der Waals surface area contributed by atoms with Crippen LogP contribution in [0.25, 0.3) is 0 Å². The molecule has 0 spiro atoms. The third-order valence-electron chi connectivity index (χ3n) is 2.56. The van der Waals surface area contributed by atoms with Crippen molar-refractivity contribution in [3.63, 3.8) is 0 Å². The van der Waals surface area contributed by atoms with Gasteiger partial charge in [0.15, 0.2) is 0 Å². The number of rotatable bonds is 3. The Labute approximate surface area is 104 Å². The van der Waals surface area contributed by atoms with Crippen molar-refractivity contribution >= 4 is 22.4 Å². The summed E-state index contributed by atoms with van der Waals surface area (Å²) in [5, 5.41) is 12.5. The average molecular weight is 256 g/mol. The summed E-state index contributed by atoms with van der Waals surface area (Å²) in [5.41, 5.74) is 0. The smallest absolute Gasteiger partial charge is 0.245 e. The normalized spacial score (nSPS) is 17.9. The van der Waals surface area contributed by atoms with Crippen molar-refractivity contribution < 1.29 is 9.53 Å². The molecule has 0 saturated carbocycles. The Kier molecular flexibility index (Phi) is 3.90. The predicted octanol–water partition coefficient (Wildman–Crippen LogP) is 0.506. The van der Waals surface area contributed by atoms with E-state index in [0.29, 0.717) is 31.4 Å². The van der Waals surface area contributed by atoms with Crippen LogP contribution in [0.1, 0.15) is 11.9 Å². The number of hydrogen-bond donors (Lipinski definition) is 1. The summed E-state index contributed by atoms with van der Waals surface area (Å²) in [7, 11) is 0. The number of anilines is 1. The van der Waals surface area contributed by atoms with Crippen LogP contribution in [0.15, 0.2) is 0 Å². The number of nitrogens with zero attached hydrogens (tertiary/aromatic N) is 3. The topological polar surface area (TPSA) is 67.4 Å². The van der Waals surface area contributed by atoms with E-state index < -0.39 is 0 Å². The number of amides is 1. The quantitative estimate of drug-likeness (QED) is 0.853. The fourth-order valence-electron chi connectivity index (χ4n) is 1.66. The lowest BCUT2D eigenvalue weighted by molar-refractivity contribution is -0.135. The fourth-order valence-corrected chi connectivity index (χ4v) is 2.34. The Morgan fingerprint density at radius 2 is 2.18 bits per heavy atom. The molecule has 6 nitrogen and oxygen atoms in total. The number of nitrogens with one attached hydrogen (secondary N) is 1. The monoisotopic (exact) mass is 256 g/mol. The molecule has 0 aliphatic carbocycles. The van der Waals surface area contributed by atoms with Gasteiger partial charge in [0.2, 0.25) is 11.0 Å². The molecule has 0 aromatic carbocycles. The zero-order valence-electron chi connectivity index (χ0n) is 9.97. The van der Waals surface area contributed by atoms with E-state index in [4.69, 9.17) is 4.74 Å². The molecule has 2 rings (SSSR count). The molecule has 1 aliphatic heterocycles. The SMILES string of the molecule is Cc1nnc(NC(C)C(=O)N2CCOCC2)s1. The van der Waals surface area contributed by atoms with Gasteiger partial charge in [-0.1, -0.05) is 11.3 Å². The van der Waals surface area contributed by atoms with Gasteiger partial charge in [-0.05, 0) is 13.8 Å². The fraction of sp³-hybridized carbons (Fsp3) is 0.700. The number of ether oxygens (including phenoxy) is 1. The number of aromatic nitrogens is 2. The lowest BCUT2D eigenvalue weighted by Gasteiger charge is -2.29. The molecular weight excluding hydrogens is 240 g/mol. The molecule has 2 heterocycles. The van der Waals surface area contributed by atoms with E-state index in [9.17, 15) is 4.79 Å². The second kappa shape index (κ2) is 5.42. The van der Waals surface area contributed by atoms with Gasteiger partial charge in [-0.2, -0.15) is 0 Å². The largest absolute Gasteiger partial charge is 0.378 e. The summed E-state index contributed by atoms with van der Waals surface area (Å²) in [4.78, 5) is 13.9. The van der Waals surface area contributed by atoms with Gasteiger partial charge in [0, 0.05) is 13.1 Å². The first-order chi connectivity index (χ1) is 8.16. The predicted molar refractivity (Wildman–Crippen MR) is 65.1 cm³/mol. The Morgan fingerprint density at radius 1 is 1.47 bits per heavy atom. The van der Waals surface area contributed by atoms with Crippen molar-refractivity contribution in [3.05, 3.63) is 5.01 Å². The van der Waals surface area contributed by atoms with Crippen molar-refractivity contribution in [1.82, 2.24) is 15.1 Å². The van der Waals surface area contributed by atoms with Crippen molar-refractivity contribution in [1.29, 1.82) is 0 Å². The first-order valence-electron chi connectivity index (χ1n) is 5.60. The van der Waals surface area contributed by atoms with Crippen LogP contribution >= 0.6 is 11.3 Å². The van der Waals surface area contributed by atoms with Crippen LogP contribution < -0.4 is 5.32 Å². The van der Waals surface area contributed by atoms with E-state index in [2.05, 4.69) is 15.5 Å². The van der Waals surface area contributed by atoms with Gasteiger partial charge in [-0.3, -0.25) is 4.79 Å². The Bertz CT molecular complexity index is 389. The van der Waals surface area contributed by atoms with Crippen LogP contribution in [0.5, 0.6) is 0 Å². The highest BCUT2D eigenvalue weighted by Gasteiger charge is 2.22. The molecule has 1 amide bonds. The standard InChI is InChI=1S/C10H16N4O2S/c1-7(11-10-13-12-8(2)17-10)9(15)14-3-5-16-6-4-14/h7H,3-6H2,1-2H3,(H,11,13). The highest BCUT2D eigenvalue weighted by molar-refractivity contribution is 7.15. The molecule has 0 bridgehead atoms. The molecule has 1 N–H and O–H groups in total. The molecule has 1 fully saturated rings. The minimum Gasteiger partial charge on any atom is -0.378 e. The van der Waals surface area contributed by atoms with Crippen LogP contribution in [-0.2, 0) is 9.53 Å². The van der Waals surface area contributed by atoms with Gasteiger partial charge < -0.3 is 15.0 Å². The van der Waals surface area contributed by atoms with Gasteiger partial charge in [0.1, 0.15) is 11.0 Å². The van der Waals surface area contributed by atoms with E-state index >= 15 is 0 Å². The molecule has 7 heteroatoms. The maximum absolute atomic E-state index is 12.1. The Morgan fingerprint density at radius 3 is 2.76 bits per heavy atom. The Balaban J connectivity index is 1.90. The third-order valence-corrected chi connectivity index (χ3v) is 3.33. The van der Waals surface area contributed by atoms with Crippen LogP contribution in [0.4, 0.5) is 5.13 Å². The van der Waals surface area contributed by atoms with E-state index in [0.717, 1.165) is 5.01 Å². The highest BCUT2D eigenvalue weighted by Crippen LogP contribution is 2.15. The lowest BCUT2D eigenvalue weighted by Crippen LogP contribution is -2.46. The number of morpholine rings is 1. The number of carbonyl (C=O) groups excluding carboxylic acids is 1. The molecule has 0 radical (unpaired) electrons. The summed E-state index contributed by atoms with van der Waals surface area (Å²) >= 11 is 1.45. The lowest BCUT2D eigenvalue weighted by atomic mass is 10.2. The van der Waals surface area contributed by atoms with E-state index in [-0.39, 0.29) is 11.9 Å². The zero-order valence-corrected chi connectivity index (χ0v) is 10.8. The van der Waals surface area contributed by atoms with Gasteiger partial charge >= 0.3 is 0 Å². The number of hydrogen-bond acceptors (Lipinski definition) is 6. The van der Waals surface area contributed by atoms with Crippen molar-refractivity contribution in [2.24, 2.45) is 0 Å². The maximum Gasteiger partial charge on any atom is 0.245 e. The molecule has 17 heavy (non-hydrogen) atoms. The van der Waals surface area contributed by atoms with Crippen LogP contribution in [0.3, 0.4) is 0 Å². The average Bonchev–Trinajstić information content (AvgIpc) is 2.75. The summed E-state index contributed by atoms with van der Waals surface area (Å²) in [6.07, 6.45) is 0. The maximum atomic E-state index is 12.1. The van der Waals surface area contributed by atoms with Crippen LogP contribution in [-0.4, -0.2) is 53.3 Å². The van der Waals surface area contributed by atoms with Gasteiger partial charge in [0.25, 0.3) is 0 Å². The summed E-state index contributed by atoms with van der Waals surface area (Å²) in [6, 6.07) is -0.277. The van der Waals surface area contributed by atoms with E-state index in [1.807, 2.05) is 18.7 Å². The number of carbonyl (C=O) groups is 1.